The predicted molar refractivity (Wildman–Crippen MR) is 84.7 cm³/mol. The Morgan fingerprint density at radius 3 is 2.90 bits per heavy atom. The molecule has 3 aromatic rings. The van der Waals surface area contributed by atoms with Crippen molar-refractivity contribution in [3.63, 3.8) is 0 Å². The Morgan fingerprint density at radius 1 is 1.24 bits per heavy atom. The van der Waals surface area contributed by atoms with Crippen molar-refractivity contribution in [2.75, 3.05) is 11.9 Å². The fourth-order valence-corrected chi connectivity index (χ4v) is 2.38. The zero-order valence-corrected chi connectivity index (χ0v) is 12.5. The van der Waals surface area contributed by atoms with Crippen LogP contribution in [0.15, 0.2) is 36.8 Å². The first-order valence-corrected chi connectivity index (χ1v) is 7.31. The second kappa shape index (κ2) is 6.10. The van der Waals surface area contributed by atoms with Gasteiger partial charge in [-0.2, -0.15) is 5.10 Å². The van der Waals surface area contributed by atoms with E-state index in [0.717, 1.165) is 40.4 Å². The lowest BCUT2D eigenvalue weighted by Crippen LogP contribution is -2.05. The average Bonchev–Trinajstić information content (AvgIpc) is 2.91. The van der Waals surface area contributed by atoms with Crippen LogP contribution in [0.4, 0.5) is 5.82 Å². The summed E-state index contributed by atoms with van der Waals surface area (Å²) in [5.74, 6) is 0.826. The first kappa shape index (κ1) is 13.8. The van der Waals surface area contributed by atoms with E-state index in [1.165, 1.54) is 0 Å². The number of nitrogens with one attached hydrogen (secondary N) is 1. The standard InChI is InChI=1S/C15H16ClN5/c1-2-7-17-14-12-8-20-21(15(12)19-10-18-14)9-11-5-3-4-6-13(11)16/h3-6,8,10H,2,7,9H2,1H3,(H,17,18,19). The third kappa shape index (κ3) is 2.83. The number of hydrogen-bond donors (Lipinski definition) is 1. The SMILES string of the molecule is CCCNc1ncnc2c1cnn2Cc1ccccc1Cl. The van der Waals surface area contributed by atoms with Crippen LogP contribution in [-0.4, -0.2) is 26.3 Å². The predicted octanol–water partition coefficient (Wildman–Crippen LogP) is 3.35. The molecule has 2 aromatic heterocycles. The first-order valence-electron chi connectivity index (χ1n) is 6.93. The van der Waals surface area contributed by atoms with E-state index in [2.05, 4.69) is 27.3 Å². The highest BCUT2D eigenvalue weighted by molar-refractivity contribution is 6.31. The maximum atomic E-state index is 6.21. The van der Waals surface area contributed by atoms with Crippen LogP contribution < -0.4 is 5.32 Å². The molecule has 1 N–H and O–H groups in total. The van der Waals surface area contributed by atoms with Crippen LogP contribution in [-0.2, 0) is 6.54 Å². The zero-order chi connectivity index (χ0) is 14.7. The van der Waals surface area contributed by atoms with E-state index < -0.39 is 0 Å². The van der Waals surface area contributed by atoms with Gasteiger partial charge >= 0.3 is 0 Å². The molecule has 0 atom stereocenters. The zero-order valence-electron chi connectivity index (χ0n) is 11.8. The number of nitrogens with zero attached hydrogens (tertiary/aromatic N) is 4. The van der Waals surface area contributed by atoms with Crippen LogP contribution in [0, 0.1) is 0 Å². The van der Waals surface area contributed by atoms with Gasteiger partial charge in [0.15, 0.2) is 5.65 Å². The Kier molecular flexibility index (Phi) is 4.01. The van der Waals surface area contributed by atoms with Crippen molar-refractivity contribution in [2.45, 2.75) is 19.9 Å². The number of hydrogen-bond acceptors (Lipinski definition) is 4. The molecule has 6 heteroatoms. The van der Waals surface area contributed by atoms with Gasteiger partial charge in [0, 0.05) is 11.6 Å². The molecular weight excluding hydrogens is 286 g/mol. The number of anilines is 1. The summed E-state index contributed by atoms with van der Waals surface area (Å²) in [7, 11) is 0. The summed E-state index contributed by atoms with van der Waals surface area (Å²) in [4.78, 5) is 8.62. The van der Waals surface area contributed by atoms with E-state index in [-0.39, 0.29) is 0 Å². The molecule has 0 fully saturated rings. The summed E-state index contributed by atoms with van der Waals surface area (Å²) in [5, 5.41) is 9.38. The van der Waals surface area contributed by atoms with Crippen LogP contribution in [0.2, 0.25) is 5.02 Å². The van der Waals surface area contributed by atoms with Crippen molar-refractivity contribution in [2.24, 2.45) is 0 Å². The molecular formula is C15H16ClN5. The summed E-state index contributed by atoms with van der Waals surface area (Å²) >= 11 is 6.21. The molecule has 0 saturated carbocycles. The fraction of sp³-hybridized carbons (Fsp3) is 0.267. The molecule has 0 unspecified atom stereocenters. The quantitative estimate of drug-likeness (QED) is 0.785. The van der Waals surface area contributed by atoms with Gasteiger partial charge in [-0.05, 0) is 18.1 Å². The summed E-state index contributed by atoms with van der Waals surface area (Å²) in [6, 6.07) is 7.76. The molecule has 0 amide bonds. The minimum atomic E-state index is 0.591. The second-order valence-corrected chi connectivity index (χ2v) is 5.19. The third-order valence-electron chi connectivity index (χ3n) is 3.25. The minimum absolute atomic E-state index is 0.591. The van der Waals surface area contributed by atoms with E-state index in [4.69, 9.17) is 11.6 Å². The largest absolute Gasteiger partial charge is 0.369 e. The van der Waals surface area contributed by atoms with Gasteiger partial charge in [-0.25, -0.2) is 14.6 Å². The summed E-state index contributed by atoms with van der Waals surface area (Å²) in [6.07, 6.45) is 4.40. The van der Waals surface area contributed by atoms with Gasteiger partial charge in [-0.15, -0.1) is 0 Å². The molecule has 0 saturated heterocycles. The Morgan fingerprint density at radius 2 is 2.10 bits per heavy atom. The van der Waals surface area contributed by atoms with Gasteiger partial charge in [0.1, 0.15) is 12.1 Å². The Labute approximate surface area is 128 Å². The van der Waals surface area contributed by atoms with Crippen LogP contribution in [0.1, 0.15) is 18.9 Å². The average molecular weight is 302 g/mol. The number of benzene rings is 1. The fourth-order valence-electron chi connectivity index (χ4n) is 2.18. The van der Waals surface area contributed by atoms with E-state index in [1.54, 1.807) is 12.5 Å². The van der Waals surface area contributed by atoms with Crippen LogP contribution >= 0.6 is 11.6 Å². The molecule has 0 aliphatic rings. The van der Waals surface area contributed by atoms with E-state index in [9.17, 15) is 0 Å². The molecule has 0 bridgehead atoms. The summed E-state index contributed by atoms with van der Waals surface area (Å²) in [6.45, 7) is 3.58. The van der Waals surface area contributed by atoms with Gasteiger partial charge in [0.05, 0.1) is 18.1 Å². The van der Waals surface area contributed by atoms with Gasteiger partial charge in [0.2, 0.25) is 0 Å². The third-order valence-corrected chi connectivity index (χ3v) is 3.62. The van der Waals surface area contributed by atoms with Crippen molar-refractivity contribution in [1.29, 1.82) is 0 Å². The van der Waals surface area contributed by atoms with Crippen LogP contribution in [0.5, 0.6) is 0 Å². The molecule has 0 aliphatic heterocycles. The Hall–Kier alpha value is -2.14. The molecule has 0 radical (unpaired) electrons. The number of rotatable bonds is 5. The van der Waals surface area contributed by atoms with Crippen molar-refractivity contribution in [3.8, 4) is 0 Å². The lowest BCUT2D eigenvalue weighted by Gasteiger charge is -2.07. The highest BCUT2D eigenvalue weighted by Gasteiger charge is 2.10. The molecule has 2 heterocycles. The molecule has 1 aromatic carbocycles. The van der Waals surface area contributed by atoms with E-state index >= 15 is 0 Å². The highest BCUT2D eigenvalue weighted by atomic mass is 35.5. The van der Waals surface area contributed by atoms with E-state index in [1.807, 2.05) is 28.9 Å². The highest BCUT2D eigenvalue weighted by Crippen LogP contribution is 2.21. The lowest BCUT2D eigenvalue weighted by molar-refractivity contribution is 0.704. The molecule has 3 rings (SSSR count). The lowest BCUT2D eigenvalue weighted by atomic mass is 10.2. The van der Waals surface area contributed by atoms with E-state index in [0.29, 0.717) is 6.54 Å². The van der Waals surface area contributed by atoms with Crippen molar-refractivity contribution in [1.82, 2.24) is 19.7 Å². The minimum Gasteiger partial charge on any atom is -0.369 e. The summed E-state index contributed by atoms with van der Waals surface area (Å²) < 4.78 is 1.84. The van der Waals surface area contributed by atoms with Gasteiger partial charge < -0.3 is 5.32 Å². The maximum Gasteiger partial charge on any atom is 0.163 e. The molecule has 5 nitrogen and oxygen atoms in total. The molecule has 0 spiro atoms. The molecule has 108 valence electrons. The molecule has 21 heavy (non-hydrogen) atoms. The van der Waals surface area contributed by atoms with Crippen LogP contribution in [0.25, 0.3) is 11.0 Å². The number of fused-ring (bicyclic) bond motifs is 1. The second-order valence-electron chi connectivity index (χ2n) is 4.78. The topological polar surface area (TPSA) is 55.6 Å². The van der Waals surface area contributed by atoms with Crippen molar-refractivity contribution in [3.05, 3.63) is 47.4 Å². The normalized spacial score (nSPS) is 11.0. The van der Waals surface area contributed by atoms with Crippen molar-refractivity contribution >= 4 is 28.5 Å². The Balaban J connectivity index is 1.95. The van der Waals surface area contributed by atoms with Crippen LogP contribution in [0.3, 0.4) is 0 Å². The smallest absolute Gasteiger partial charge is 0.163 e. The van der Waals surface area contributed by atoms with Gasteiger partial charge in [0.25, 0.3) is 0 Å². The molecule has 0 aliphatic carbocycles. The first-order chi connectivity index (χ1) is 10.3. The number of aromatic nitrogens is 4. The summed E-state index contributed by atoms with van der Waals surface area (Å²) in [5.41, 5.74) is 1.83. The van der Waals surface area contributed by atoms with Gasteiger partial charge in [-0.1, -0.05) is 36.7 Å². The number of halogens is 1. The van der Waals surface area contributed by atoms with Gasteiger partial charge in [-0.3, -0.25) is 0 Å². The monoisotopic (exact) mass is 301 g/mol. The Bertz CT molecular complexity index is 753. The van der Waals surface area contributed by atoms with Crippen molar-refractivity contribution < 1.29 is 0 Å². The maximum absolute atomic E-state index is 6.21.